The van der Waals surface area contributed by atoms with Crippen molar-refractivity contribution in [1.29, 1.82) is 0 Å². The lowest BCUT2D eigenvalue weighted by molar-refractivity contribution is -0.0394. The predicted molar refractivity (Wildman–Crippen MR) is 92.0 cm³/mol. The third kappa shape index (κ3) is 3.34. The molecule has 0 saturated carbocycles. The van der Waals surface area contributed by atoms with Gasteiger partial charge in [0, 0.05) is 36.3 Å². The van der Waals surface area contributed by atoms with Crippen molar-refractivity contribution in [2.24, 2.45) is 0 Å². The Morgan fingerprint density at radius 2 is 1.80 bits per heavy atom. The summed E-state index contributed by atoms with van der Waals surface area (Å²) in [6.07, 6.45) is 11.6. The largest absolute Gasteiger partial charge is 0.357 e. The molecule has 3 heterocycles. The fraction of sp³-hybridized carbons (Fsp3) is 0.263. The number of carbonyl (C=O) groups excluding carboxylic acids is 1. The molecule has 126 valence electrons. The molecular formula is C19H18N4O2. The second-order valence-electron chi connectivity index (χ2n) is 6.06. The van der Waals surface area contributed by atoms with E-state index >= 15 is 0 Å². The van der Waals surface area contributed by atoms with Gasteiger partial charge in [0.15, 0.2) is 5.78 Å². The highest BCUT2D eigenvalue weighted by molar-refractivity contribution is 6.08. The van der Waals surface area contributed by atoms with E-state index in [-0.39, 0.29) is 12.0 Å². The Kier molecular flexibility index (Phi) is 4.35. The lowest BCUT2D eigenvalue weighted by Crippen LogP contribution is -2.18. The van der Waals surface area contributed by atoms with Gasteiger partial charge in [-0.1, -0.05) is 24.3 Å². The van der Waals surface area contributed by atoms with Crippen LogP contribution in [-0.4, -0.2) is 32.1 Å². The zero-order chi connectivity index (χ0) is 17.1. The van der Waals surface area contributed by atoms with Crippen molar-refractivity contribution < 1.29 is 9.53 Å². The van der Waals surface area contributed by atoms with E-state index in [9.17, 15) is 4.79 Å². The third-order valence-electron chi connectivity index (χ3n) is 4.36. The van der Waals surface area contributed by atoms with Crippen LogP contribution in [0.1, 0.15) is 41.4 Å². The Balaban J connectivity index is 1.52. The summed E-state index contributed by atoms with van der Waals surface area (Å²) in [5.74, 6) is -0.0848. The van der Waals surface area contributed by atoms with Gasteiger partial charge in [0.1, 0.15) is 12.6 Å². The van der Waals surface area contributed by atoms with Crippen molar-refractivity contribution in [2.75, 3.05) is 6.61 Å². The number of ketones is 1. The summed E-state index contributed by atoms with van der Waals surface area (Å²) in [7, 11) is 0. The summed E-state index contributed by atoms with van der Waals surface area (Å²) in [6, 6.07) is 7.50. The summed E-state index contributed by atoms with van der Waals surface area (Å²) < 4.78 is 7.64. The number of rotatable bonds is 4. The molecule has 6 nitrogen and oxygen atoms in total. The van der Waals surface area contributed by atoms with Crippen LogP contribution in [0, 0.1) is 0 Å². The molecule has 0 bridgehead atoms. The Bertz CT molecular complexity index is 853. The van der Waals surface area contributed by atoms with E-state index < -0.39 is 0 Å². The molecular weight excluding hydrogens is 316 g/mol. The van der Waals surface area contributed by atoms with Crippen LogP contribution in [0.25, 0.3) is 11.1 Å². The maximum Gasteiger partial charge on any atom is 0.196 e. The van der Waals surface area contributed by atoms with Crippen molar-refractivity contribution in [3.05, 3.63) is 66.5 Å². The second kappa shape index (κ2) is 6.94. The highest BCUT2D eigenvalue weighted by Crippen LogP contribution is 2.25. The highest BCUT2D eigenvalue weighted by Gasteiger charge is 2.17. The standard InChI is InChI=1S/C19H18N4O2/c24-19(16-9-20-13-21-10-16)15-6-4-14(5-7-15)17-11-22-23(12-17)18-3-1-2-8-25-18/h4-7,9-13,18H,1-3,8H2. The van der Waals surface area contributed by atoms with E-state index in [1.165, 1.54) is 25.1 Å². The van der Waals surface area contributed by atoms with Crippen molar-refractivity contribution in [3.63, 3.8) is 0 Å². The average molecular weight is 334 g/mol. The molecule has 6 heteroatoms. The van der Waals surface area contributed by atoms with E-state index in [0.29, 0.717) is 11.1 Å². The summed E-state index contributed by atoms with van der Waals surface area (Å²) in [5.41, 5.74) is 3.12. The highest BCUT2D eigenvalue weighted by atomic mass is 16.5. The number of nitrogens with zero attached hydrogens (tertiary/aromatic N) is 4. The number of aromatic nitrogens is 4. The zero-order valence-corrected chi connectivity index (χ0v) is 13.7. The van der Waals surface area contributed by atoms with Crippen LogP contribution in [0.5, 0.6) is 0 Å². The molecule has 0 aliphatic carbocycles. The number of hydrogen-bond donors (Lipinski definition) is 0. The maximum atomic E-state index is 12.4. The quantitative estimate of drug-likeness (QED) is 0.685. The average Bonchev–Trinajstić information content (AvgIpc) is 3.19. The normalized spacial score (nSPS) is 17.4. The van der Waals surface area contributed by atoms with E-state index in [0.717, 1.165) is 30.6 Å². The van der Waals surface area contributed by atoms with E-state index in [4.69, 9.17) is 4.74 Å². The molecule has 0 amide bonds. The Labute approximate surface area is 145 Å². The smallest absolute Gasteiger partial charge is 0.196 e. The second-order valence-corrected chi connectivity index (χ2v) is 6.06. The molecule has 0 N–H and O–H groups in total. The summed E-state index contributed by atoms with van der Waals surface area (Å²) in [5, 5.41) is 4.43. The fourth-order valence-electron chi connectivity index (χ4n) is 2.97. The van der Waals surface area contributed by atoms with Crippen molar-refractivity contribution in [3.8, 4) is 11.1 Å². The first-order valence-corrected chi connectivity index (χ1v) is 8.37. The van der Waals surface area contributed by atoms with Gasteiger partial charge in [-0.25, -0.2) is 14.6 Å². The van der Waals surface area contributed by atoms with Crippen molar-refractivity contribution >= 4 is 5.78 Å². The molecule has 1 unspecified atom stereocenters. The van der Waals surface area contributed by atoms with Gasteiger partial charge in [0.2, 0.25) is 0 Å². The van der Waals surface area contributed by atoms with Gasteiger partial charge >= 0.3 is 0 Å². The van der Waals surface area contributed by atoms with E-state index in [2.05, 4.69) is 15.1 Å². The lowest BCUT2D eigenvalue weighted by Gasteiger charge is -2.22. The van der Waals surface area contributed by atoms with Crippen LogP contribution in [0.2, 0.25) is 0 Å². The molecule has 1 aliphatic heterocycles. The number of carbonyl (C=O) groups is 1. The summed E-state index contributed by atoms with van der Waals surface area (Å²) >= 11 is 0. The topological polar surface area (TPSA) is 69.9 Å². The molecule has 0 spiro atoms. The van der Waals surface area contributed by atoms with Crippen LogP contribution >= 0.6 is 0 Å². The van der Waals surface area contributed by atoms with Crippen LogP contribution in [0.3, 0.4) is 0 Å². The minimum absolute atomic E-state index is 0.0291. The molecule has 25 heavy (non-hydrogen) atoms. The van der Waals surface area contributed by atoms with Crippen LogP contribution < -0.4 is 0 Å². The molecule has 2 aromatic heterocycles. The van der Waals surface area contributed by atoms with Crippen LogP contribution in [0.15, 0.2) is 55.4 Å². The van der Waals surface area contributed by atoms with Crippen LogP contribution in [-0.2, 0) is 4.74 Å². The molecule has 1 aliphatic rings. The molecule has 4 rings (SSSR count). The first-order chi connectivity index (χ1) is 12.3. The first-order valence-electron chi connectivity index (χ1n) is 8.37. The van der Waals surface area contributed by atoms with E-state index in [1.807, 2.05) is 41.3 Å². The van der Waals surface area contributed by atoms with Crippen molar-refractivity contribution in [1.82, 2.24) is 19.7 Å². The molecule has 1 aromatic carbocycles. The van der Waals surface area contributed by atoms with Gasteiger partial charge in [-0.15, -0.1) is 0 Å². The minimum atomic E-state index is -0.0848. The Hall–Kier alpha value is -2.86. The van der Waals surface area contributed by atoms with Gasteiger partial charge in [-0.2, -0.15) is 5.10 Å². The molecule has 1 atom stereocenters. The molecule has 3 aromatic rings. The number of benzene rings is 1. The van der Waals surface area contributed by atoms with Gasteiger partial charge in [-0.3, -0.25) is 4.79 Å². The van der Waals surface area contributed by atoms with Crippen molar-refractivity contribution in [2.45, 2.75) is 25.5 Å². The Morgan fingerprint density at radius 1 is 1.00 bits per heavy atom. The monoisotopic (exact) mass is 334 g/mol. The third-order valence-corrected chi connectivity index (χ3v) is 4.36. The molecule has 1 saturated heterocycles. The fourth-order valence-corrected chi connectivity index (χ4v) is 2.97. The number of hydrogen-bond acceptors (Lipinski definition) is 5. The van der Waals surface area contributed by atoms with Gasteiger partial charge in [0.05, 0.1) is 11.8 Å². The summed E-state index contributed by atoms with van der Waals surface area (Å²) in [4.78, 5) is 20.2. The first kappa shape index (κ1) is 15.7. The van der Waals surface area contributed by atoms with E-state index in [1.54, 1.807) is 0 Å². The van der Waals surface area contributed by atoms with Gasteiger partial charge in [0.25, 0.3) is 0 Å². The lowest BCUT2D eigenvalue weighted by atomic mass is 10.0. The molecule has 0 radical (unpaired) electrons. The Morgan fingerprint density at radius 3 is 2.52 bits per heavy atom. The SMILES string of the molecule is O=C(c1ccc(-c2cnn(C3CCCCO3)c2)cc1)c1cncnc1. The maximum absolute atomic E-state index is 12.4. The minimum Gasteiger partial charge on any atom is -0.357 e. The zero-order valence-electron chi connectivity index (χ0n) is 13.7. The van der Waals surface area contributed by atoms with Crippen LogP contribution in [0.4, 0.5) is 0 Å². The predicted octanol–water partition coefficient (Wildman–Crippen LogP) is 3.27. The van der Waals surface area contributed by atoms with Gasteiger partial charge < -0.3 is 4.74 Å². The molecule has 1 fully saturated rings. The van der Waals surface area contributed by atoms with Gasteiger partial charge in [-0.05, 0) is 24.8 Å². The number of ether oxygens (including phenoxy) is 1. The summed E-state index contributed by atoms with van der Waals surface area (Å²) in [6.45, 7) is 0.792.